The highest BCUT2D eigenvalue weighted by molar-refractivity contribution is 6.32. The highest BCUT2D eigenvalue weighted by Gasteiger charge is 2.09. The summed E-state index contributed by atoms with van der Waals surface area (Å²) in [4.78, 5) is 12.1. The summed E-state index contributed by atoms with van der Waals surface area (Å²) in [5, 5.41) is 0.526. The van der Waals surface area contributed by atoms with Crippen molar-refractivity contribution in [2.24, 2.45) is 0 Å². The van der Waals surface area contributed by atoms with Crippen molar-refractivity contribution in [2.75, 3.05) is 6.61 Å². The Labute approximate surface area is 130 Å². The fraction of sp³-hybridized carbons (Fsp3) is 0.278. The third-order valence-corrected chi connectivity index (χ3v) is 3.64. The van der Waals surface area contributed by atoms with Gasteiger partial charge in [-0.05, 0) is 36.1 Å². The molecule has 2 aromatic rings. The van der Waals surface area contributed by atoms with Gasteiger partial charge in [0.2, 0.25) is 0 Å². The topological polar surface area (TPSA) is 26.3 Å². The van der Waals surface area contributed by atoms with Gasteiger partial charge in [-0.3, -0.25) is 4.79 Å². The van der Waals surface area contributed by atoms with Gasteiger partial charge in [-0.2, -0.15) is 0 Å². The van der Waals surface area contributed by atoms with Crippen LogP contribution in [0.2, 0.25) is 5.02 Å². The van der Waals surface area contributed by atoms with Crippen molar-refractivity contribution >= 4 is 17.4 Å². The lowest BCUT2D eigenvalue weighted by Gasteiger charge is -2.09. The molecule has 0 amide bonds. The summed E-state index contributed by atoms with van der Waals surface area (Å²) in [6, 6.07) is 13.2. The van der Waals surface area contributed by atoms with Crippen LogP contribution in [0.3, 0.4) is 0 Å². The molecular weight excluding hydrogens is 284 g/mol. The van der Waals surface area contributed by atoms with E-state index in [0.717, 1.165) is 5.56 Å². The van der Waals surface area contributed by atoms with Gasteiger partial charge in [0, 0.05) is 5.56 Å². The lowest BCUT2D eigenvalue weighted by atomic mass is 10.0. The molecular formula is C18H19ClO2. The maximum Gasteiger partial charge on any atom is 0.200 e. The van der Waals surface area contributed by atoms with E-state index >= 15 is 0 Å². The van der Waals surface area contributed by atoms with Crippen molar-refractivity contribution in [3.63, 3.8) is 0 Å². The molecule has 3 heteroatoms. The van der Waals surface area contributed by atoms with E-state index in [0.29, 0.717) is 22.3 Å². The first-order chi connectivity index (χ1) is 9.97. The zero-order valence-electron chi connectivity index (χ0n) is 12.5. The van der Waals surface area contributed by atoms with Gasteiger partial charge >= 0.3 is 0 Å². The second kappa shape index (κ2) is 6.77. The molecule has 0 spiro atoms. The molecule has 0 N–H and O–H groups in total. The predicted octanol–water partition coefficient (Wildman–Crippen LogP) is 5.03. The molecule has 0 aliphatic heterocycles. The molecule has 21 heavy (non-hydrogen) atoms. The molecule has 0 aliphatic rings. The summed E-state index contributed by atoms with van der Waals surface area (Å²) in [5.41, 5.74) is 2.93. The van der Waals surface area contributed by atoms with Gasteiger partial charge < -0.3 is 4.74 Å². The molecule has 2 aromatic carbocycles. The summed E-state index contributed by atoms with van der Waals surface area (Å²) in [6.45, 7) is 6.19. The molecule has 0 fully saturated rings. The van der Waals surface area contributed by atoms with E-state index in [1.165, 1.54) is 5.56 Å². The fourth-order valence-corrected chi connectivity index (χ4v) is 2.29. The fourth-order valence-electron chi connectivity index (χ4n) is 2.00. The van der Waals surface area contributed by atoms with Crippen LogP contribution in [0.1, 0.15) is 41.3 Å². The Morgan fingerprint density at radius 3 is 2.38 bits per heavy atom. The molecule has 0 saturated carbocycles. The van der Waals surface area contributed by atoms with Gasteiger partial charge in [0.05, 0.1) is 5.02 Å². The summed E-state index contributed by atoms with van der Waals surface area (Å²) >= 11 is 6.08. The Morgan fingerprint density at radius 1 is 1.14 bits per heavy atom. The Balaban J connectivity index is 2.01. The van der Waals surface area contributed by atoms with Crippen LogP contribution in [-0.4, -0.2) is 12.4 Å². The van der Waals surface area contributed by atoms with Crippen LogP contribution in [0.5, 0.6) is 5.75 Å². The van der Waals surface area contributed by atoms with Crippen molar-refractivity contribution in [2.45, 2.75) is 26.7 Å². The van der Waals surface area contributed by atoms with E-state index in [4.69, 9.17) is 16.3 Å². The maximum absolute atomic E-state index is 12.1. The normalized spacial score (nSPS) is 10.7. The average Bonchev–Trinajstić information content (AvgIpc) is 2.46. The second-order valence-corrected chi connectivity index (χ2v) is 5.83. The maximum atomic E-state index is 12.1. The SMILES string of the molecule is Cc1ccc(OCC(=O)c2ccc(C(C)C)cc2)c(Cl)c1. The Hall–Kier alpha value is -1.80. The van der Waals surface area contributed by atoms with Crippen LogP contribution in [0.4, 0.5) is 0 Å². The zero-order chi connectivity index (χ0) is 15.4. The van der Waals surface area contributed by atoms with E-state index in [1.807, 2.05) is 43.3 Å². The summed E-state index contributed by atoms with van der Waals surface area (Å²) in [7, 11) is 0. The van der Waals surface area contributed by atoms with Gasteiger partial charge in [0.15, 0.2) is 12.4 Å². The molecule has 0 bridgehead atoms. The smallest absolute Gasteiger partial charge is 0.200 e. The summed E-state index contributed by atoms with van der Waals surface area (Å²) in [5.74, 6) is 0.938. The van der Waals surface area contributed by atoms with Crippen LogP contribution in [0, 0.1) is 6.92 Å². The molecule has 0 aromatic heterocycles. The first-order valence-electron chi connectivity index (χ1n) is 6.99. The Kier molecular flexibility index (Phi) is 5.03. The van der Waals surface area contributed by atoms with E-state index in [-0.39, 0.29) is 12.4 Å². The molecule has 0 atom stereocenters. The monoisotopic (exact) mass is 302 g/mol. The number of ether oxygens (including phenoxy) is 1. The number of benzene rings is 2. The van der Waals surface area contributed by atoms with Crippen molar-refractivity contribution in [3.05, 3.63) is 64.2 Å². The van der Waals surface area contributed by atoms with Gasteiger partial charge in [-0.15, -0.1) is 0 Å². The molecule has 0 radical (unpaired) electrons. The first-order valence-corrected chi connectivity index (χ1v) is 7.37. The molecule has 110 valence electrons. The summed E-state index contributed by atoms with van der Waals surface area (Å²) < 4.78 is 5.50. The molecule has 0 saturated heterocycles. The number of aryl methyl sites for hydroxylation is 1. The van der Waals surface area contributed by atoms with Crippen molar-refractivity contribution in [1.29, 1.82) is 0 Å². The molecule has 0 aliphatic carbocycles. The van der Waals surface area contributed by atoms with E-state index in [1.54, 1.807) is 6.07 Å². The number of Topliss-reactive ketones (excluding diaryl/α,β-unsaturated/α-hetero) is 1. The van der Waals surface area contributed by atoms with E-state index < -0.39 is 0 Å². The minimum absolute atomic E-state index is 0.0101. The number of ketones is 1. The Bertz CT molecular complexity index is 630. The quantitative estimate of drug-likeness (QED) is 0.724. The third-order valence-electron chi connectivity index (χ3n) is 3.35. The van der Waals surface area contributed by atoms with Crippen LogP contribution in [0.15, 0.2) is 42.5 Å². The van der Waals surface area contributed by atoms with Gasteiger partial charge in [-0.1, -0.05) is 55.8 Å². The van der Waals surface area contributed by atoms with E-state index in [9.17, 15) is 4.79 Å². The van der Waals surface area contributed by atoms with Gasteiger partial charge in [-0.25, -0.2) is 0 Å². The highest BCUT2D eigenvalue weighted by atomic mass is 35.5. The second-order valence-electron chi connectivity index (χ2n) is 5.42. The van der Waals surface area contributed by atoms with Crippen LogP contribution < -0.4 is 4.74 Å². The van der Waals surface area contributed by atoms with Gasteiger partial charge in [0.1, 0.15) is 5.75 Å². The number of hydrogen-bond acceptors (Lipinski definition) is 2. The number of carbonyl (C=O) groups excluding carboxylic acids is 1. The highest BCUT2D eigenvalue weighted by Crippen LogP contribution is 2.25. The van der Waals surface area contributed by atoms with Crippen LogP contribution in [-0.2, 0) is 0 Å². The van der Waals surface area contributed by atoms with Crippen LogP contribution in [0.25, 0.3) is 0 Å². The largest absolute Gasteiger partial charge is 0.484 e. The minimum Gasteiger partial charge on any atom is -0.484 e. The average molecular weight is 303 g/mol. The molecule has 0 heterocycles. The van der Waals surface area contributed by atoms with Crippen molar-refractivity contribution in [3.8, 4) is 5.75 Å². The van der Waals surface area contributed by atoms with E-state index in [2.05, 4.69) is 13.8 Å². The minimum atomic E-state index is -0.0538. The number of hydrogen-bond donors (Lipinski definition) is 0. The van der Waals surface area contributed by atoms with Crippen LogP contribution >= 0.6 is 11.6 Å². The molecule has 0 unspecified atom stereocenters. The Morgan fingerprint density at radius 2 is 1.81 bits per heavy atom. The summed E-state index contributed by atoms with van der Waals surface area (Å²) in [6.07, 6.45) is 0. The number of rotatable bonds is 5. The standard InChI is InChI=1S/C18H19ClO2/c1-12(2)14-5-7-15(8-6-14)17(20)11-21-18-9-4-13(3)10-16(18)19/h4-10,12H,11H2,1-3H3. The predicted molar refractivity (Wildman–Crippen MR) is 86.5 cm³/mol. The van der Waals surface area contributed by atoms with Crippen molar-refractivity contribution < 1.29 is 9.53 Å². The third kappa shape index (κ3) is 4.08. The number of halogens is 1. The molecule has 2 nitrogen and oxygen atoms in total. The lowest BCUT2D eigenvalue weighted by Crippen LogP contribution is -2.11. The van der Waals surface area contributed by atoms with Gasteiger partial charge in [0.25, 0.3) is 0 Å². The zero-order valence-corrected chi connectivity index (χ0v) is 13.3. The molecule has 2 rings (SSSR count). The van der Waals surface area contributed by atoms with Crippen molar-refractivity contribution in [1.82, 2.24) is 0 Å². The first kappa shape index (κ1) is 15.6. The number of carbonyl (C=O) groups is 1. The lowest BCUT2D eigenvalue weighted by molar-refractivity contribution is 0.0921.